The second kappa shape index (κ2) is 4.77. The molecule has 1 unspecified atom stereocenters. The van der Waals surface area contributed by atoms with Gasteiger partial charge in [0.1, 0.15) is 5.82 Å². The van der Waals surface area contributed by atoms with Gasteiger partial charge in [0.25, 0.3) is 0 Å². The van der Waals surface area contributed by atoms with Crippen LogP contribution in [-0.4, -0.2) is 14.2 Å². The molecular weight excluding hydrogens is 303 g/mol. The SMILES string of the molecule is O=S1(=O)CC(Nc2cc(F)cc(F)c2F)c2ccccc21. The zero-order valence-electron chi connectivity index (χ0n) is 10.6. The molecule has 110 valence electrons. The number of hydrogen-bond acceptors (Lipinski definition) is 3. The van der Waals surface area contributed by atoms with Crippen molar-refractivity contribution in [3.63, 3.8) is 0 Å². The summed E-state index contributed by atoms with van der Waals surface area (Å²) in [4.78, 5) is 0.153. The first kappa shape index (κ1) is 13.9. The maximum atomic E-state index is 13.7. The summed E-state index contributed by atoms with van der Waals surface area (Å²) in [5.41, 5.74) is 0.0611. The normalized spacial score (nSPS) is 19.3. The molecule has 1 atom stereocenters. The van der Waals surface area contributed by atoms with Crippen molar-refractivity contribution in [3.8, 4) is 0 Å². The Morgan fingerprint density at radius 3 is 2.57 bits per heavy atom. The van der Waals surface area contributed by atoms with E-state index in [4.69, 9.17) is 0 Å². The molecule has 21 heavy (non-hydrogen) atoms. The molecule has 0 saturated carbocycles. The second-order valence-electron chi connectivity index (χ2n) is 4.77. The Morgan fingerprint density at radius 1 is 1.10 bits per heavy atom. The van der Waals surface area contributed by atoms with Crippen LogP contribution in [0.25, 0.3) is 0 Å². The summed E-state index contributed by atoms with van der Waals surface area (Å²) < 4.78 is 64.0. The topological polar surface area (TPSA) is 46.2 Å². The highest BCUT2D eigenvalue weighted by molar-refractivity contribution is 7.91. The smallest absolute Gasteiger partial charge is 0.182 e. The van der Waals surface area contributed by atoms with E-state index >= 15 is 0 Å². The summed E-state index contributed by atoms with van der Waals surface area (Å²) in [6, 6.07) is 6.76. The summed E-state index contributed by atoms with van der Waals surface area (Å²) in [6.45, 7) is 0. The Morgan fingerprint density at radius 2 is 1.81 bits per heavy atom. The van der Waals surface area contributed by atoms with E-state index in [-0.39, 0.29) is 10.6 Å². The van der Waals surface area contributed by atoms with Crippen molar-refractivity contribution in [1.29, 1.82) is 0 Å². The first-order valence-corrected chi connectivity index (χ1v) is 7.76. The van der Waals surface area contributed by atoms with Gasteiger partial charge in [0.15, 0.2) is 21.5 Å². The minimum absolute atomic E-state index is 0.153. The molecular formula is C14H10F3NO2S. The maximum Gasteiger partial charge on any atom is 0.182 e. The summed E-state index contributed by atoms with van der Waals surface area (Å²) in [6.07, 6.45) is 0. The second-order valence-corrected chi connectivity index (χ2v) is 6.77. The summed E-state index contributed by atoms with van der Waals surface area (Å²) >= 11 is 0. The molecule has 1 N–H and O–H groups in total. The van der Waals surface area contributed by atoms with Crippen LogP contribution in [-0.2, 0) is 9.84 Å². The van der Waals surface area contributed by atoms with E-state index in [0.29, 0.717) is 11.6 Å². The predicted molar refractivity (Wildman–Crippen MR) is 71.2 cm³/mol. The van der Waals surface area contributed by atoms with Crippen LogP contribution in [0.15, 0.2) is 41.3 Å². The van der Waals surface area contributed by atoms with Gasteiger partial charge < -0.3 is 5.32 Å². The Bertz CT molecular complexity index is 821. The molecule has 7 heteroatoms. The Kier molecular flexibility index (Phi) is 3.16. The van der Waals surface area contributed by atoms with Gasteiger partial charge in [0.2, 0.25) is 0 Å². The van der Waals surface area contributed by atoms with Crippen molar-refractivity contribution in [3.05, 3.63) is 59.4 Å². The lowest BCUT2D eigenvalue weighted by atomic mass is 10.1. The van der Waals surface area contributed by atoms with E-state index < -0.39 is 39.0 Å². The number of fused-ring (bicyclic) bond motifs is 1. The maximum absolute atomic E-state index is 13.7. The van der Waals surface area contributed by atoms with E-state index in [2.05, 4.69) is 5.32 Å². The van der Waals surface area contributed by atoms with E-state index in [1.807, 2.05) is 0 Å². The Balaban J connectivity index is 2.02. The molecule has 0 aliphatic carbocycles. The highest BCUT2D eigenvalue weighted by Crippen LogP contribution is 2.36. The Labute approximate surface area is 119 Å². The third kappa shape index (κ3) is 2.37. The fourth-order valence-electron chi connectivity index (χ4n) is 2.42. The van der Waals surface area contributed by atoms with Gasteiger partial charge in [-0.1, -0.05) is 18.2 Å². The van der Waals surface area contributed by atoms with Crippen LogP contribution in [0, 0.1) is 17.5 Å². The standard InChI is InChI=1S/C14H10F3NO2S/c15-8-5-10(16)14(17)11(6-8)18-12-7-21(19,20)13-4-2-1-3-9(12)13/h1-6,12,18H,7H2. The number of rotatable bonds is 2. The molecule has 1 heterocycles. The molecule has 2 aromatic carbocycles. The lowest BCUT2D eigenvalue weighted by Crippen LogP contribution is -2.14. The Hall–Kier alpha value is -2.02. The monoisotopic (exact) mass is 313 g/mol. The van der Waals surface area contributed by atoms with E-state index in [1.165, 1.54) is 6.07 Å². The molecule has 0 radical (unpaired) electrons. The van der Waals surface area contributed by atoms with Crippen LogP contribution in [0.4, 0.5) is 18.9 Å². The van der Waals surface area contributed by atoms with Gasteiger partial charge in [0.05, 0.1) is 22.4 Å². The van der Waals surface area contributed by atoms with Gasteiger partial charge in [-0.3, -0.25) is 0 Å². The van der Waals surface area contributed by atoms with Gasteiger partial charge in [-0.2, -0.15) is 0 Å². The molecule has 0 spiro atoms. The molecule has 3 nitrogen and oxygen atoms in total. The van der Waals surface area contributed by atoms with Gasteiger partial charge >= 0.3 is 0 Å². The molecule has 0 bridgehead atoms. The number of hydrogen-bond donors (Lipinski definition) is 1. The number of nitrogens with one attached hydrogen (secondary N) is 1. The third-order valence-corrected chi connectivity index (χ3v) is 5.15. The lowest BCUT2D eigenvalue weighted by molar-refractivity contribution is 0.496. The fraction of sp³-hybridized carbons (Fsp3) is 0.143. The zero-order valence-corrected chi connectivity index (χ0v) is 11.4. The lowest BCUT2D eigenvalue weighted by Gasteiger charge is -2.15. The van der Waals surface area contributed by atoms with Crippen LogP contribution in [0.3, 0.4) is 0 Å². The van der Waals surface area contributed by atoms with Crippen LogP contribution < -0.4 is 5.32 Å². The van der Waals surface area contributed by atoms with Gasteiger partial charge in [-0.25, -0.2) is 21.6 Å². The summed E-state index contributed by atoms with van der Waals surface area (Å²) in [5.74, 6) is -3.79. The minimum atomic E-state index is -3.48. The van der Waals surface area contributed by atoms with Crippen molar-refractivity contribution >= 4 is 15.5 Å². The third-order valence-electron chi connectivity index (χ3n) is 3.34. The molecule has 1 aliphatic rings. The highest BCUT2D eigenvalue weighted by atomic mass is 32.2. The summed E-state index contributed by atoms with van der Waals surface area (Å²) in [7, 11) is -3.48. The number of sulfone groups is 1. The van der Waals surface area contributed by atoms with Crippen molar-refractivity contribution in [2.75, 3.05) is 11.1 Å². The summed E-state index contributed by atoms with van der Waals surface area (Å²) in [5, 5.41) is 2.57. The molecule has 1 aliphatic heterocycles. The molecule has 0 fully saturated rings. The van der Waals surface area contributed by atoms with Crippen LogP contribution in [0.2, 0.25) is 0 Å². The van der Waals surface area contributed by atoms with Crippen molar-refractivity contribution in [1.82, 2.24) is 0 Å². The highest BCUT2D eigenvalue weighted by Gasteiger charge is 2.34. The van der Waals surface area contributed by atoms with Crippen molar-refractivity contribution in [2.24, 2.45) is 0 Å². The van der Waals surface area contributed by atoms with Gasteiger partial charge in [-0.05, 0) is 11.6 Å². The first-order valence-electron chi connectivity index (χ1n) is 6.11. The van der Waals surface area contributed by atoms with E-state index in [1.54, 1.807) is 18.2 Å². The molecule has 3 rings (SSSR count). The average molecular weight is 313 g/mol. The van der Waals surface area contributed by atoms with Gasteiger partial charge in [0, 0.05) is 12.1 Å². The number of halogens is 3. The predicted octanol–water partition coefficient (Wildman–Crippen LogP) is 3.04. The van der Waals surface area contributed by atoms with Gasteiger partial charge in [-0.15, -0.1) is 0 Å². The van der Waals surface area contributed by atoms with Crippen molar-refractivity contribution < 1.29 is 21.6 Å². The van der Waals surface area contributed by atoms with Crippen LogP contribution in [0.1, 0.15) is 11.6 Å². The largest absolute Gasteiger partial charge is 0.375 e. The first-order chi connectivity index (χ1) is 9.88. The molecule has 0 saturated heterocycles. The molecule has 0 aromatic heterocycles. The zero-order chi connectivity index (χ0) is 15.2. The molecule has 0 amide bonds. The van der Waals surface area contributed by atoms with Crippen LogP contribution in [0.5, 0.6) is 0 Å². The number of anilines is 1. The average Bonchev–Trinajstić information content (AvgIpc) is 2.68. The minimum Gasteiger partial charge on any atom is -0.375 e. The quantitative estimate of drug-likeness (QED) is 0.867. The number of benzene rings is 2. The molecule has 2 aromatic rings. The van der Waals surface area contributed by atoms with Crippen LogP contribution >= 0.6 is 0 Å². The fourth-order valence-corrected chi connectivity index (χ4v) is 4.16. The van der Waals surface area contributed by atoms with E-state index in [0.717, 1.165) is 6.07 Å². The van der Waals surface area contributed by atoms with E-state index in [9.17, 15) is 21.6 Å². The van der Waals surface area contributed by atoms with Crippen molar-refractivity contribution in [2.45, 2.75) is 10.9 Å².